The van der Waals surface area contributed by atoms with Gasteiger partial charge in [-0.3, -0.25) is 14.6 Å². The van der Waals surface area contributed by atoms with Gasteiger partial charge in [-0.15, -0.1) is 11.3 Å². The SMILES string of the molecule is Cc1cccc(C(=O)CCCCC[C@H](NC(=O)c2cncs2)c2ncc(-c3ccc4ccccc4c3)[nH]2)c1N. The number of imidazole rings is 1. The molecule has 5 aromatic rings. The van der Waals surface area contributed by atoms with E-state index in [9.17, 15) is 9.59 Å². The van der Waals surface area contributed by atoms with Crippen molar-refractivity contribution in [1.82, 2.24) is 20.3 Å². The Morgan fingerprint density at radius 1 is 1.00 bits per heavy atom. The third kappa shape index (κ3) is 6.23. The lowest BCUT2D eigenvalue weighted by Crippen LogP contribution is -2.28. The molecule has 7 nitrogen and oxygen atoms in total. The van der Waals surface area contributed by atoms with Crippen LogP contribution in [-0.2, 0) is 0 Å². The Morgan fingerprint density at radius 3 is 2.67 bits per heavy atom. The van der Waals surface area contributed by atoms with E-state index in [-0.39, 0.29) is 17.7 Å². The Bertz CT molecular complexity index is 1590. The number of carbonyl (C=O) groups excluding carboxylic acids is 2. The molecule has 1 atom stereocenters. The zero-order chi connectivity index (χ0) is 27.2. The van der Waals surface area contributed by atoms with Crippen molar-refractivity contribution in [3.8, 4) is 11.3 Å². The summed E-state index contributed by atoms with van der Waals surface area (Å²) in [6.45, 7) is 1.91. The summed E-state index contributed by atoms with van der Waals surface area (Å²) >= 11 is 1.31. The van der Waals surface area contributed by atoms with Gasteiger partial charge in [-0.25, -0.2) is 4.98 Å². The monoisotopic (exact) mass is 537 g/mol. The number of thiazole rings is 1. The molecular weight excluding hydrogens is 506 g/mol. The largest absolute Gasteiger partial charge is 0.398 e. The molecule has 0 saturated carbocycles. The van der Waals surface area contributed by atoms with E-state index in [1.807, 2.05) is 37.4 Å². The van der Waals surface area contributed by atoms with Crippen LogP contribution in [0.4, 0.5) is 5.69 Å². The number of nitrogens with two attached hydrogens (primary N) is 1. The number of nitrogens with zero attached hydrogens (tertiary/aromatic N) is 2. The van der Waals surface area contributed by atoms with Gasteiger partial charge >= 0.3 is 0 Å². The smallest absolute Gasteiger partial charge is 0.263 e. The molecule has 0 aliphatic rings. The van der Waals surface area contributed by atoms with Crippen molar-refractivity contribution < 1.29 is 9.59 Å². The standard InChI is InChI=1S/C31H31N5O2S/c1-20-8-7-11-24(29(20)32)27(37)13-4-2-3-12-25(36-31(38)28-18-33-19-39-28)30-34-17-26(35-30)23-15-14-21-9-5-6-10-22(21)16-23/h5-11,14-19,25H,2-4,12-13,32H2,1H3,(H,34,35)(H,36,38)/t25-/m0/s1. The number of amides is 1. The van der Waals surface area contributed by atoms with Crippen LogP contribution < -0.4 is 11.1 Å². The summed E-state index contributed by atoms with van der Waals surface area (Å²) in [5.74, 6) is 0.605. The van der Waals surface area contributed by atoms with E-state index in [0.717, 1.165) is 41.5 Å². The summed E-state index contributed by atoms with van der Waals surface area (Å²) in [4.78, 5) is 38.2. The summed E-state index contributed by atoms with van der Waals surface area (Å²) < 4.78 is 0. The molecule has 3 aromatic carbocycles. The van der Waals surface area contributed by atoms with Crippen LogP contribution >= 0.6 is 11.3 Å². The van der Waals surface area contributed by atoms with Crippen LogP contribution in [-0.4, -0.2) is 26.6 Å². The number of rotatable bonds is 11. The van der Waals surface area contributed by atoms with E-state index in [1.165, 1.54) is 16.7 Å². The van der Waals surface area contributed by atoms with Gasteiger partial charge in [0.15, 0.2) is 5.78 Å². The first kappa shape index (κ1) is 26.3. The molecule has 0 unspecified atom stereocenters. The molecule has 1 amide bonds. The minimum atomic E-state index is -0.295. The van der Waals surface area contributed by atoms with Gasteiger partial charge in [0.1, 0.15) is 10.7 Å². The lowest BCUT2D eigenvalue weighted by molar-refractivity contribution is 0.0935. The molecule has 0 bridgehead atoms. The number of aromatic nitrogens is 3. The number of nitrogen functional groups attached to an aromatic ring is 1. The van der Waals surface area contributed by atoms with Crippen LogP contribution in [0.3, 0.4) is 0 Å². The van der Waals surface area contributed by atoms with Crippen LogP contribution in [0, 0.1) is 6.92 Å². The molecule has 0 saturated heterocycles. The number of H-pyrrole nitrogens is 1. The zero-order valence-corrected chi connectivity index (χ0v) is 22.6. The predicted molar refractivity (Wildman–Crippen MR) is 157 cm³/mol. The predicted octanol–water partition coefficient (Wildman–Crippen LogP) is 6.88. The first-order chi connectivity index (χ1) is 19.0. The van der Waals surface area contributed by atoms with Crippen molar-refractivity contribution in [1.29, 1.82) is 0 Å². The topological polar surface area (TPSA) is 114 Å². The van der Waals surface area contributed by atoms with Crippen LogP contribution in [0.25, 0.3) is 22.0 Å². The van der Waals surface area contributed by atoms with Gasteiger partial charge in [-0.1, -0.05) is 61.4 Å². The van der Waals surface area contributed by atoms with E-state index in [0.29, 0.717) is 34.8 Å². The van der Waals surface area contributed by atoms with Crippen molar-refractivity contribution in [2.45, 2.75) is 45.1 Å². The Morgan fingerprint density at radius 2 is 1.85 bits per heavy atom. The van der Waals surface area contributed by atoms with Crippen LogP contribution in [0.5, 0.6) is 0 Å². The number of aromatic amines is 1. The summed E-state index contributed by atoms with van der Waals surface area (Å²) in [6, 6.07) is 19.8. The van der Waals surface area contributed by atoms with Gasteiger partial charge in [-0.05, 0) is 48.2 Å². The van der Waals surface area contributed by atoms with Crippen molar-refractivity contribution in [3.05, 3.63) is 100 Å². The fourth-order valence-corrected chi connectivity index (χ4v) is 5.24. The highest BCUT2D eigenvalue weighted by Gasteiger charge is 2.20. The van der Waals surface area contributed by atoms with E-state index < -0.39 is 0 Å². The second-order valence-corrected chi connectivity index (χ2v) is 10.6. The maximum absolute atomic E-state index is 12.9. The quantitative estimate of drug-likeness (QED) is 0.0965. The molecule has 198 valence electrons. The Labute approximate surface area is 231 Å². The number of ketones is 1. The van der Waals surface area contributed by atoms with Gasteiger partial charge in [-0.2, -0.15) is 0 Å². The lowest BCUT2D eigenvalue weighted by Gasteiger charge is -2.16. The van der Waals surface area contributed by atoms with Crippen molar-refractivity contribution in [2.24, 2.45) is 0 Å². The molecule has 8 heteroatoms. The number of Topliss-reactive ketones (excluding diaryl/α,β-unsaturated/α-hetero) is 1. The summed E-state index contributed by atoms with van der Waals surface area (Å²) in [5, 5.41) is 5.46. The second kappa shape index (κ2) is 12.0. The highest BCUT2D eigenvalue weighted by molar-refractivity contribution is 7.11. The molecule has 2 heterocycles. The molecule has 5 rings (SSSR count). The molecule has 0 radical (unpaired) electrons. The first-order valence-corrected chi connectivity index (χ1v) is 14.0. The highest BCUT2D eigenvalue weighted by atomic mass is 32.1. The van der Waals surface area contributed by atoms with Gasteiger partial charge in [0.2, 0.25) is 0 Å². The van der Waals surface area contributed by atoms with Crippen molar-refractivity contribution >= 4 is 39.5 Å². The maximum atomic E-state index is 12.9. The molecule has 0 aliphatic heterocycles. The Balaban J connectivity index is 1.25. The molecular formula is C31H31N5O2S. The Hall–Kier alpha value is -4.30. The number of carbonyl (C=O) groups is 2. The third-order valence-electron chi connectivity index (χ3n) is 6.97. The zero-order valence-electron chi connectivity index (χ0n) is 21.8. The molecule has 2 aromatic heterocycles. The first-order valence-electron chi connectivity index (χ1n) is 13.1. The average Bonchev–Trinajstić information content (AvgIpc) is 3.66. The minimum Gasteiger partial charge on any atom is -0.398 e. The van der Waals surface area contributed by atoms with E-state index in [2.05, 4.69) is 50.6 Å². The third-order valence-corrected chi connectivity index (χ3v) is 7.74. The molecule has 39 heavy (non-hydrogen) atoms. The van der Waals surface area contributed by atoms with Gasteiger partial charge in [0, 0.05) is 23.2 Å². The minimum absolute atomic E-state index is 0.0670. The fourth-order valence-electron chi connectivity index (χ4n) is 4.72. The van der Waals surface area contributed by atoms with Crippen LogP contribution in [0.1, 0.15) is 69.6 Å². The number of benzene rings is 3. The van der Waals surface area contributed by atoms with Crippen LogP contribution in [0.15, 0.2) is 78.6 Å². The maximum Gasteiger partial charge on any atom is 0.263 e. The number of anilines is 1. The van der Waals surface area contributed by atoms with E-state index >= 15 is 0 Å². The number of nitrogens with one attached hydrogen (secondary N) is 2. The van der Waals surface area contributed by atoms with Gasteiger partial charge < -0.3 is 16.0 Å². The van der Waals surface area contributed by atoms with Crippen molar-refractivity contribution in [3.63, 3.8) is 0 Å². The fraction of sp³-hybridized carbons (Fsp3) is 0.226. The Kier molecular flexibility index (Phi) is 8.13. The summed E-state index contributed by atoms with van der Waals surface area (Å²) in [7, 11) is 0. The normalized spacial score (nSPS) is 11.9. The second-order valence-electron chi connectivity index (χ2n) is 9.69. The van der Waals surface area contributed by atoms with Gasteiger partial charge in [0.25, 0.3) is 5.91 Å². The van der Waals surface area contributed by atoms with E-state index in [4.69, 9.17) is 5.73 Å². The summed E-state index contributed by atoms with van der Waals surface area (Å²) in [6.07, 6.45) is 6.95. The van der Waals surface area contributed by atoms with Crippen LogP contribution in [0.2, 0.25) is 0 Å². The van der Waals surface area contributed by atoms with Crippen molar-refractivity contribution in [2.75, 3.05) is 5.73 Å². The molecule has 0 spiro atoms. The number of fused-ring (bicyclic) bond motifs is 1. The van der Waals surface area contributed by atoms with E-state index in [1.54, 1.807) is 17.8 Å². The molecule has 0 aliphatic carbocycles. The molecule has 4 N–H and O–H groups in total. The number of hydrogen-bond donors (Lipinski definition) is 3. The number of para-hydroxylation sites is 1. The van der Waals surface area contributed by atoms with Gasteiger partial charge in [0.05, 0.1) is 29.6 Å². The molecule has 0 fully saturated rings. The number of unbranched alkanes of at least 4 members (excludes halogenated alkanes) is 2. The number of aryl methyl sites for hydroxylation is 1. The average molecular weight is 538 g/mol. The highest BCUT2D eigenvalue weighted by Crippen LogP contribution is 2.26. The number of hydrogen-bond acceptors (Lipinski definition) is 6. The lowest BCUT2D eigenvalue weighted by atomic mass is 9.99. The summed E-state index contributed by atoms with van der Waals surface area (Å²) in [5.41, 5.74) is 11.8.